The summed E-state index contributed by atoms with van der Waals surface area (Å²) in [6.07, 6.45) is 1.88. The molecule has 4 atom stereocenters. The van der Waals surface area contributed by atoms with E-state index in [0.29, 0.717) is 28.7 Å². The molecule has 0 aliphatic heterocycles. The average Bonchev–Trinajstić information content (AvgIpc) is 3.39. The molecule has 1 unspecified atom stereocenters. The Morgan fingerprint density at radius 2 is 2.07 bits per heavy atom. The Kier molecular flexibility index (Phi) is 5.81. The number of anilines is 1. The van der Waals surface area contributed by atoms with Crippen LogP contribution in [0.15, 0.2) is 40.1 Å². The zero-order valence-electron chi connectivity index (χ0n) is 15.7. The Morgan fingerprint density at radius 3 is 2.83 bits per heavy atom. The van der Waals surface area contributed by atoms with Gasteiger partial charge in [-0.05, 0) is 18.6 Å². The quantitative estimate of drug-likeness (QED) is 0.250. The number of aromatic nitrogens is 5. The zero-order valence-corrected chi connectivity index (χ0v) is 16.5. The maximum Gasteiger partial charge on any atom is 0.191 e. The van der Waals surface area contributed by atoms with E-state index in [-0.39, 0.29) is 0 Å². The highest BCUT2D eigenvalue weighted by molar-refractivity contribution is 7.99. The van der Waals surface area contributed by atoms with E-state index in [0.717, 1.165) is 17.9 Å². The molecule has 0 amide bonds. The predicted molar refractivity (Wildman–Crippen MR) is 106 cm³/mol. The van der Waals surface area contributed by atoms with Gasteiger partial charge >= 0.3 is 0 Å². The van der Waals surface area contributed by atoms with Crippen LogP contribution in [0, 0.1) is 0 Å². The third-order valence-electron chi connectivity index (χ3n) is 4.59. The fourth-order valence-electron chi connectivity index (χ4n) is 3.06. The number of hydrogen-bond donors (Lipinski definition) is 4. The van der Waals surface area contributed by atoms with Crippen LogP contribution >= 0.6 is 11.8 Å². The van der Waals surface area contributed by atoms with Gasteiger partial charge in [0.25, 0.3) is 0 Å². The van der Waals surface area contributed by atoms with Crippen LogP contribution in [-0.2, 0) is 6.54 Å². The molecular formula is C18H22N6O4S. The van der Waals surface area contributed by atoms with Crippen molar-refractivity contribution in [3.63, 3.8) is 0 Å². The average molecular weight is 418 g/mol. The molecule has 154 valence electrons. The van der Waals surface area contributed by atoms with Gasteiger partial charge in [-0.15, -0.1) is 5.10 Å². The lowest BCUT2D eigenvalue weighted by atomic mass is 9.94. The molecule has 1 aliphatic carbocycles. The molecule has 4 N–H and O–H groups in total. The Labute approximate surface area is 170 Å². The molecule has 3 heterocycles. The van der Waals surface area contributed by atoms with Gasteiger partial charge in [-0.2, -0.15) is 0 Å². The number of fused-ring (bicyclic) bond motifs is 1. The van der Waals surface area contributed by atoms with Gasteiger partial charge in [0, 0.05) is 5.75 Å². The summed E-state index contributed by atoms with van der Waals surface area (Å²) in [5, 5.41) is 42.3. The SMILES string of the molecule is CCCSc1nc(NCc2ccco2)c2nnn(C3C=C[C@H](O)[C@@H](O)[C@H]3O)c2n1. The van der Waals surface area contributed by atoms with Gasteiger partial charge in [0.1, 0.15) is 30.1 Å². The standard InChI is InChI=1S/C18H22N6O4S/c1-2-8-29-18-20-16(19-9-10-4-3-7-28-10)13-17(21-18)24(23-22-13)11-5-6-12(25)15(27)14(11)26/h3-7,11-12,14-15,25-27H,2,8-9H2,1H3,(H,19,20,21)/t11?,12-,14-,15+/m0/s1. The smallest absolute Gasteiger partial charge is 0.191 e. The van der Waals surface area contributed by atoms with Crippen molar-refractivity contribution in [1.29, 1.82) is 0 Å². The molecule has 0 fully saturated rings. The first kappa shape index (κ1) is 19.8. The van der Waals surface area contributed by atoms with Crippen molar-refractivity contribution in [2.24, 2.45) is 0 Å². The van der Waals surface area contributed by atoms with E-state index in [1.807, 2.05) is 12.1 Å². The molecule has 1 aliphatic rings. The number of aliphatic hydroxyl groups excluding tert-OH is 3. The van der Waals surface area contributed by atoms with E-state index in [9.17, 15) is 15.3 Å². The first-order valence-electron chi connectivity index (χ1n) is 9.33. The van der Waals surface area contributed by atoms with Crippen molar-refractivity contribution >= 4 is 28.7 Å². The number of aliphatic hydroxyl groups is 3. The van der Waals surface area contributed by atoms with Crippen LogP contribution < -0.4 is 5.32 Å². The second-order valence-corrected chi connectivity index (χ2v) is 7.75. The van der Waals surface area contributed by atoms with Crippen molar-refractivity contribution in [1.82, 2.24) is 25.0 Å². The van der Waals surface area contributed by atoms with Crippen molar-refractivity contribution in [2.45, 2.75) is 49.4 Å². The molecule has 11 heteroatoms. The van der Waals surface area contributed by atoms with Crippen LogP contribution in [0.1, 0.15) is 25.1 Å². The van der Waals surface area contributed by atoms with E-state index >= 15 is 0 Å². The highest BCUT2D eigenvalue weighted by Crippen LogP contribution is 2.29. The van der Waals surface area contributed by atoms with Crippen molar-refractivity contribution < 1.29 is 19.7 Å². The first-order valence-corrected chi connectivity index (χ1v) is 10.3. The van der Waals surface area contributed by atoms with Crippen LogP contribution in [0.2, 0.25) is 0 Å². The van der Waals surface area contributed by atoms with E-state index < -0.39 is 24.4 Å². The maximum atomic E-state index is 10.4. The second kappa shape index (κ2) is 8.49. The van der Waals surface area contributed by atoms with Gasteiger partial charge < -0.3 is 25.1 Å². The number of furan rings is 1. The highest BCUT2D eigenvalue weighted by atomic mass is 32.2. The largest absolute Gasteiger partial charge is 0.467 e. The molecule has 0 radical (unpaired) electrons. The van der Waals surface area contributed by atoms with Crippen LogP contribution in [0.25, 0.3) is 11.2 Å². The fraction of sp³-hybridized carbons (Fsp3) is 0.444. The summed E-state index contributed by atoms with van der Waals surface area (Å²) >= 11 is 1.51. The summed E-state index contributed by atoms with van der Waals surface area (Å²) < 4.78 is 6.80. The monoisotopic (exact) mass is 418 g/mol. The van der Waals surface area contributed by atoms with Gasteiger partial charge in [-0.25, -0.2) is 14.6 Å². The van der Waals surface area contributed by atoms with E-state index in [1.54, 1.807) is 12.3 Å². The van der Waals surface area contributed by atoms with E-state index in [2.05, 4.69) is 32.5 Å². The molecule has 3 aromatic rings. The summed E-state index contributed by atoms with van der Waals surface area (Å²) in [7, 11) is 0. The van der Waals surface area contributed by atoms with Crippen LogP contribution in [0.5, 0.6) is 0 Å². The second-order valence-electron chi connectivity index (χ2n) is 6.69. The number of nitrogens with zero attached hydrogens (tertiary/aromatic N) is 5. The molecule has 29 heavy (non-hydrogen) atoms. The van der Waals surface area contributed by atoms with Crippen LogP contribution in [-0.4, -0.2) is 64.3 Å². The summed E-state index contributed by atoms with van der Waals surface area (Å²) in [5.41, 5.74) is 0.872. The molecule has 0 saturated carbocycles. The predicted octanol–water partition coefficient (Wildman–Crippen LogP) is 1.12. The zero-order chi connectivity index (χ0) is 20.4. The molecule has 0 spiro atoms. The van der Waals surface area contributed by atoms with Crippen molar-refractivity contribution in [3.05, 3.63) is 36.3 Å². The topological polar surface area (TPSA) is 142 Å². The lowest BCUT2D eigenvalue weighted by Crippen LogP contribution is -2.44. The molecular weight excluding hydrogens is 396 g/mol. The van der Waals surface area contributed by atoms with Crippen LogP contribution in [0.4, 0.5) is 5.82 Å². The maximum absolute atomic E-state index is 10.4. The number of nitrogens with one attached hydrogen (secondary N) is 1. The lowest BCUT2D eigenvalue weighted by molar-refractivity contribution is -0.0636. The first-order chi connectivity index (χ1) is 14.1. The Morgan fingerprint density at radius 1 is 1.21 bits per heavy atom. The molecule has 0 bridgehead atoms. The summed E-state index contributed by atoms with van der Waals surface area (Å²) in [4.78, 5) is 9.12. The Bertz CT molecular complexity index is 992. The number of hydrogen-bond acceptors (Lipinski definition) is 10. The molecule has 3 aromatic heterocycles. The van der Waals surface area contributed by atoms with Gasteiger partial charge in [0.2, 0.25) is 0 Å². The summed E-state index contributed by atoms with van der Waals surface area (Å²) in [6, 6.07) is 2.95. The van der Waals surface area contributed by atoms with E-state index in [1.165, 1.54) is 22.5 Å². The van der Waals surface area contributed by atoms with Gasteiger partial charge in [-0.3, -0.25) is 0 Å². The Hall–Kier alpha value is -2.47. The van der Waals surface area contributed by atoms with Gasteiger partial charge in [-0.1, -0.05) is 36.1 Å². The lowest BCUT2D eigenvalue weighted by Gasteiger charge is -2.30. The Balaban J connectivity index is 1.72. The third kappa shape index (κ3) is 3.99. The fourth-order valence-corrected chi connectivity index (χ4v) is 3.76. The minimum atomic E-state index is -1.32. The number of rotatable bonds is 7. The molecule has 0 aromatic carbocycles. The minimum Gasteiger partial charge on any atom is -0.467 e. The minimum absolute atomic E-state index is 0.417. The van der Waals surface area contributed by atoms with E-state index in [4.69, 9.17) is 4.42 Å². The van der Waals surface area contributed by atoms with Crippen molar-refractivity contribution in [3.8, 4) is 0 Å². The molecule has 0 saturated heterocycles. The summed E-state index contributed by atoms with van der Waals surface area (Å²) in [5.74, 6) is 2.10. The van der Waals surface area contributed by atoms with Gasteiger partial charge in [0.05, 0.1) is 12.8 Å². The summed E-state index contributed by atoms with van der Waals surface area (Å²) in [6.45, 7) is 2.49. The number of thioether (sulfide) groups is 1. The van der Waals surface area contributed by atoms with Gasteiger partial charge in [0.15, 0.2) is 22.1 Å². The third-order valence-corrected chi connectivity index (χ3v) is 5.64. The van der Waals surface area contributed by atoms with Crippen molar-refractivity contribution in [2.75, 3.05) is 11.1 Å². The highest BCUT2D eigenvalue weighted by Gasteiger charge is 2.36. The normalized spacial score (nSPS) is 24.3. The molecule has 10 nitrogen and oxygen atoms in total. The van der Waals surface area contributed by atoms with Crippen LogP contribution in [0.3, 0.4) is 0 Å². The molecule has 4 rings (SSSR count).